The van der Waals surface area contributed by atoms with Gasteiger partial charge >= 0.3 is 0 Å². The summed E-state index contributed by atoms with van der Waals surface area (Å²) >= 11 is 1.71. The number of hydrogen-bond acceptors (Lipinski definition) is 4. The fraction of sp³-hybridized carbons (Fsp3) is 0.500. The van der Waals surface area contributed by atoms with Gasteiger partial charge in [0.2, 0.25) is 5.91 Å². The van der Waals surface area contributed by atoms with E-state index in [-0.39, 0.29) is 5.91 Å². The lowest BCUT2D eigenvalue weighted by atomic mass is 9.95. The summed E-state index contributed by atoms with van der Waals surface area (Å²) in [5.74, 6) is 0.0129. The van der Waals surface area contributed by atoms with Gasteiger partial charge < -0.3 is 11.1 Å². The average Bonchev–Trinajstić information content (AvgIpc) is 2.91. The van der Waals surface area contributed by atoms with Gasteiger partial charge in [-0.1, -0.05) is 52.4 Å². The lowest BCUT2D eigenvalue weighted by Gasteiger charge is -2.18. The summed E-state index contributed by atoms with van der Waals surface area (Å²) in [4.78, 5) is 14.5. The first-order valence-electron chi connectivity index (χ1n) is 9.18. The van der Waals surface area contributed by atoms with Crippen molar-refractivity contribution in [2.75, 3.05) is 11.9 Å². The second kappa shape index (κ2) is 8.73. The molecule has 2 aromatic rings. The molecule has 142 valence electrons. The minimum Gasteiger partial charge on any atom is -0.329 e. The molecular weight excluding hydrogens is 344 g/mol. The first-order chi connectivity index (χ1) is 12.3. The second-order valence-electron chi connectivity index (χ2n) is 7.28. The number of aryl methyl sites for hydroxylation is 1. The lowest BCUT2D eigenvalue weighted by molar-refractivity contribution is -0.123. The van der Waals surface area contributed by atoms with E-state index in [1.165, 1.54) is 10.6 Å². The summed E-state index contributed by atoms with van der Waals surface area (Å²) in [7, 11) is 0. The van der Waals surface area contributed by atoms with Gasteiger partial charge in [0.25, 0.3) is 0 Å². The molecule has 0 saturated heterocycles. The molecule has 2 rings (SSSR count). The van der Waals surface area contributed by atoms with Gasteiger partial charge in [-0.15, -0.1) is 0 Å². The third kappa shape index (κ3) is 4.89. The van der Waals surface area contributed by atoms with E-state index in [9.17, 15) is 4.79 Å². The SMILES string of the molecule is CCc1nn(CCN)c(CC)c1Sc1cccc(NC(=O)C(C)(C)C)c1. The van der Waals surface area contributed by atoms with Gasteiger partial charge in [-0.05, 0) is 31.0 Å². The number of nitrogens with one attached hydrogen (secondary N) is 1. The van der Waals surface area contributed by atoms with Gasteiger partial charge in [0, 0.05) is 22.5 Å². The molecule has 0 spiro atoms. The number of aromatic nitrogens is 2. The molecule has 0 radical (unpaired) electrons. The van der Waals surface area contributed by atoms with Gasteiger partial charge in [-0.3, -0.25) is 9.48 Å². The summed E-state index contributed by atoms with van der Waals surface area (Å²) in [6.45, 7) is 11.3. The highest BCUT2D eigenvalue weighted by molar-refractivity contribution is 7.99. The van der Waals surface area contributed by atoms with Gasteiger partial charge in [0.05, 0.1) is 22.8 Å². The van der Waals surface area contributed by atoms with Crippen molar-refractivity contribution in [3.63, 3.8) is 0 Å². The molecule has 26 heavy (non-hydrogen) atoms. The van der Waals surface area contributed by atoms with Crippen LogP contribution in [0, 0.1) is 5.41 Å². The zero-order valence-corrected chi connectivity index (χ0v) is 17.2. The number of carbonyl (C=O) groups excluding carboxylic acids is 1. The fourth-order valence-corrected chi connectivity index (χ4v) is 3.85. The maximum absolute atomic E-state index is 12.2. The molecule has 6 heteroatoms. The van der Waals surface area contributed by atoms with Crippen LogP contribution in [-0.4, -0.2) is 22.2 Å². The Labute approximate surface area is 160 Å². The molecule has 0 fully saturated rings. The molecule has 0 unspecified atom stereocenters. The van der Waals surface area contributed by atoms with E-state index >= 15 is 0 Å². The van der Waals surface area contributed by atoms with E-state index in [1.807, 2.05) is 43.7 Å². The number of nitrogens with zero attached hydrogens (tertiary/aromatic N) is 2. The van der Waals surface area contributed by atoms with E-state index in [2.05, 4.69) is 25.2 Å². The molecule has 1 amide bonds. The topological polar surface area (TPSA) is 72.9 Å². The maximum atomic E-state index is 12.2. The highest BCUT2D eigenvalue weighted by atomic mass is 32.2. The van der Waals surface area contributed by atoms with Crippen molar-refractivity contribution in [2.24, 2.45) is 11.1 Å². The quantitative estimate of drug-likeness (QED) is 0.765. The first kappa shape index (κ1) is 20.5. The van der Waals surface area contributed by atoms with Crippen LogP contribution in [0.4, 0.5) is 5.69 Å². The molecule has 1 aromatic heterocycles. The molecular formula is C20H30N4OS. The smallest absolute Gasteiger partial charge is 0.229 e. The highest BCUT2D eigenvalue weighted by Gasteiger charge is 2.21. The Morgan fingerprint density at radius 1 is 1.27 bits per heavy atom. The zero-order valence-electron chi connectivity index (χ0n) is 16.4. The number of hydrogen-bond donors (Lipinski definition) is 2. The van der Waals surface area contributed by atoms with Crippen LogP contribution in [0.2, 0.25) is 0 Å². The molecule has 1 aromatic carbocycles. The second-order valence-corrected chi connectivity index (χ2v) is 8.36. The van der Waals surface area contributed by atoms with Crippen LogP contribution in [0.25, 0.3) is 0 Å². The van der Waals surface area contributed by atoms with Gasteiger partial charge in [-0.25, -0.2) is 0 Å². The fourth-order valence-electron chi connectivity index (χ4n) is 2.61. The van der Waals surface area contributed by atoms with Crippen LogP contribution in [0.15, 0.2) is 34.1 Å². The van der Waals surface area contributed by atoms with Crippen molar-refractivity contribution >= 4 is 23.4 Å². The molecule has 0 aliphatic carbocycles. The molecule has 1 heterocycles. The number of amides is 1. The van der Waals surface area contributed by atoms with Gasteiger partial charge in [0.15, 0.2) is 0 Å². The third-order valence-corrected chi connectivity index (χ3v) is 5.25. The van der Waals surface area contributed by atoms with Crippen molar-refractivity contribution < 1.29 is 4.79 Å². The third-order valence-electron chi connectivity index (χ3n) is 4.08. The van der Waals surface area contributed by atoms with Crippen molar-refractivity contribution in [2.45, 2.75) is 63.8 Å². The van der Waals surface area contributed by atoms with Gasteiger partial charge in [0.1, 0.15) is 0 Å². The van der Waals surface area contributed by atoms with Crippen LogP contribution in [0.3, 0.4) is 0 Å². The van der Waals surface area contributed by atoms with E-state index < -0.39 is 5.41 Å². The summed E-state index contributed by atoms with van der Waals surface area (Å²) in [5.41, 5.74) is 8.46. The number of benzene rings is 1. The van der Waals surface area contributed by atoms with Crippen LogP contribution in [-0.2, 0) is 24.2 Å². The van der Waals surface area contributed by atoms with E-state index in [0.717, 1.165) is 35.7 Å². The number of anilines is 1. The van der Waals surface area contributed by atoms with Crippen molar-refractivity contribution in [1.29, 1.82) is 0 Å². The summed E-state index contributed by atoms with van der Waals surface area (Å²) < 4.78 is 2.03. The van der Waals surface area contributed by atoms with Crippen LogP contribution >= 0.6 is 11.8 Å². The Kier molecular flexibility index (Phi) is 6.89. The Balaban J connectivity index is 2.29. The molecule has 0 atom stereocenters. The van der Waals surface area contributed by atoms with Crippen LogP contribution < -0.4 is 11.1 Å². The monoisotopic (exact) mass is 374 g/mol. The Hall–Kier alpha value is -1.79. The summed E-state index contributed by atoms with van der Waals surface area (Å²) in [6, 6.07) is 7.99. The number of carbonyl (C=O) groups is 1. The molecule has 0 aliphatic heterocycles. The van der Waals surface area contributed by atoms with Gasteiger partial charge in [-0.2, -0.15) is 5.10 Å². The molecule has 5 nitrogen and oxygen atoms in total. The van der Waals surface area contributed by atoms with Crippen molar-refractivity contribution in [3.8, 4) is 0 Å². The van der Waals surface area contributed by atoms with E-state index in [0.29, 0.717) is 6.54 Å². The predicted molar refractivity (Wildman–Crippen MR) is 109 cm³/mol. The van der Waals surface area contributed by atoms with E-state index in [1.54, 1.807) is 11.8 Å². The van der Waals surface area contributed by atoms with E-state index in [4.69, 9.17) is 10.8 Å². The number of rotatable bonds is 7. The minimum absolute atomic E-state index is 0.0129. The largest absolute Gasteiger partial charge is 0.329 e. The lowest BCUT2D eigenvalue weighted by Crippen LogP contribution is -2.27. The van der Waals surface area contributed by atoms with Crippen molar-refractivity contribution in [3.05, 3.63) is 35.7 Å². The minimum atomic E-state index is -0.419. The predicted octanol–water partition coefficient (Wildman–Crippen LogP) is 4.10. The molecule has 0 bridgehead atoms. The average molecular weight is 375 g/mol. The summed E-state index contributed by atoms with van der Waals surface area (Å²) in [5, 5.41) is 7.74. The highest BCUT2D eigenvalue weighted by Crippen LogP contribution is 2.35. The first-order valence-corrected chi connectivity index (χ1v) is 9.99. The molecule has 0 saturated carbocycles. The Morgan fingerprint density at radius 3 is 2.58 bits per heavy atom. The standard InChI is InChI=1S/C20H30N4OS/c1-6-16-18(17(7-2)24(23-16)12-11-21)26-15-10-8-9-14(13-15)22-19(25)20(3,4)5/h8-10,13H,6-7,11-12,21H2,1-5H3,(H,22,25). The normalized spacial score (nSPS) is 11.6. The number of nitrogens with two attached hydrogens (primary N) is 1. The summed E-state index contributed by atoms with van der Waals surface area (Å²) in [6.07, 6.45) is 1.79. The Morgan fingerprint density at radius 2 is 2.00 bits per heavy atom. The Bertz CT molecular complexity index is 762. The maximum Gasteiger partial charge on any atom is 0.229 e. The van der Waals surface area contributed by atoms with Crippen molar-refractivity contribution in [1.82, 2.24) is 9.78 Å². The molecule has 3 N–H and O–H groups in total. The zero-order chi connectivity index (χ0) is 19.3. The van der Waals surface area contributed by atoms with Crippen LogP contribution in [0.5, 0.6) is 0 Å². The molecule has 0 aliphatic rings. The van der Waals surface area contributed by atoms with Crippen LogP contribution in [0.1, 0.15) is 46.0 Å².